The molecule has 0 radical (unpaired) electrons. The number of piperazine rings is 1. The van der Waals surface area contributed by atoms with Crippen LogP contribution in [0.2, 0.25) is 0 Å². The minimum atomic E-state index is -2.92. The van der Waals surface area contributed by atoms with Crippen molar-refractivity contribution < 1.29 is 27.5 Å². The molecule has 1 heterocycles. The van der Waals surface area contributed by atoms with Gasteiger partial charge in [0.05, 0.1) is 0 Å². The molecule has 142 valence electrons. The second kappa shape index (κ2) is 8.11. The molecule has 0 atom stereocenters. The average Bonchev–Trinajstić information content (AvgIpc) is 2.68. The number of amides is 2. The molecule has 0 saturated carbocycles. The number of rotatable bonds is 4. The van der Waals surface area contributed by atoms with Gasteiger partial charge < -0.3 is 14.5 Å². The predicted octanol–water partition coefficient (Wildman–Crippen LogP) is 3.03. The standard InChI is InChI=1S/C19H17F3N2O3/c20-15-5-1-13(2-6-15)17(25)23-9-11-24(12-10-23)18(26)14-3-7-16(8-4-14)27-19(21)22/h1-8,19H,9-12H2. The molecule has 5 nitrogen and oxygen atoms in total. The topological polar surface area (TPSA) is 49.9 Å². The van der Waals surface area contributed by atoms with Gasteiger partial charge in [0, 0.05) is 37.3 Å². The Morgan fingerprint density at radius 3 is 1.59 bits per heavy atom. The number of benzene rings is 2. The molecule has 1 saturated heterocycles. The minimum Gasteiger partial charge on any atom is -0.435 e. The van der Waals surface area contributed by atoms with Gasteiger partial charge in [-0.2, -0.15) is 8.78 Å². The van der Waals surface area contributed by atoms with Crippen LogP contribution in [0.1, 0.15) is 20.7 Å². The van der Waals surface area contributed by atoms with Crippen LogP contribution in [0.25, 0.3) is 0 Å². The van der Waals surface area contributed by atoms with E-state index >= 15 is 0 Å². The normalized spacial score (nSPS) is 14.4. The first-order valence-corrected chi connectivity index (χ1v) is 8.33. The highest BCUT2D eigenvalue weighted by atomic mass is 19.3. The molecular weight excluding hydrogens is 361 g/mol. The maximum absolute atomic E-state index is 13.0. The summed E-state index contributed by atoms with van der Waals surface area (Å²) in [5.74, 6) is -0.883. The molecule has 3 rings (SSSR count). The zero-order valence-corrected chi connectivity index (χ0v) is 14.3. The van der Waals surface area contributed by atoms with E-state index in [-0.39, 0.29) is 17.6 Å². The lowest BCUT2D eigenvalue weighted by Gasteiger charge is -2.35. The van der Waals surface area contributed by atoms with E-state index in [0.29, 0.717) is 37.3 Å². The van der Waals surface area contributed by atoms with Crippen molar-refractivity contribution in [3.63, 3.8) is 0 Å². The van der Waals surface area contributed by atoms with Crippen LogP contribution >= 0.6 is 0 Å². The van der Waals surface area contributed by atoms with Crippen molar-refractivity contribution in [3.05, 3.63) is 65.5 Å². The average molecular weight is 378 g/mol. The molecular formula is C19H17F3N2O3. The number of hydrogen-bond acceptors (Lipinski definition) is 3. The van der Waals surface area contributed by atoms with E-state index < -0.39 is 12.4 Å². The number of ether oxygens (including phenoxy) is 1. The Morgan fingerprint density at radius 1 is 0.778 bits per heavy atom. The van der Waals surface area contributed by atoms with Crippen LogP contribution in [0, 0.1) is 5.82 Å². The van der Waals surface area contributed by atoms with E-state index in [2.05, 4.69) is 4.74 Å². The lowest BCUT2D eigenvalue weighted by molar-refractivity contribution is -0.0498. The van der Waals surface area contributed by atoms with Gasteiger partial charge in [0.2, 0.25) is 0 Å². The van der Waals surface area contributed by atoms with Crippen LogP contribution in [0.4, 0.5) is 13.2 Å². The molecule has 2 amide bonds. The van der Waals surface area contributed by atoms with Crippen LogP contribution < -0.4 is 4.74 Å². The monoisotopic (exact) mass is 378 g/mol. The zero-order valence-electron chi connectivity index (χ0n) is 14.3. The molecule has 1 fully saturated rings. The molecule has 1 aliphatic heterocycles. The van der Waals surface area contributed by atoms with Crippen LogP contribution in [-0.4, -0.2) is 54.4 Å². The summed E-state index contributed by atoms with van der Waals surface area (Å²) in [7, 11) is 0. The quantitative estimate of drug-likeness (QED) is 0.822. The molecule has 0 N–H and O–H groups in total. The number of carbonyl (C=O) groups excluding carboxylic acids is 2. The number of halogens is 3. The highest BCUT2D eigenvalue weighted by Crippen LogP contribution is 2.17. The van der Waals surface area contributed by atoms with E-state index in [1.807, 2.05) is 0 Å². The molecule has 0 aliphatic carbocycles. The van der Waals surface area contributed by atoms with Crippen LogP contribution in [0.5, 0.6) is 5.75 Å². The number of nitrogens with zero attached hydrogens (tertiary/aromatic N) is 2. The predicted molar refractivity (Wildman–Crippen MR) is 91.3 cm³/mol. The van der Waals surface area contributed by atoms with Gasteiger partial charge in [-0.1, -0.05) is 0 Å². The van der Waals surface area contributed by atoms with Gasteiger partial charge >= 0.3 is 6.61 Å². The maximum Gasteiger partial charge on any atom is 0.387 e. The first-order chi connectivity index (χ1) is 12.9. The summed E-state index contributed by atoms with van der Waals surface area (Å²) >= 11 is 0. The van der Waals surface area contributed by atoms with Gasteiger partial charge in [0.15, 0.2) is 0 Å². The zero-order chi connectivity index (χ0) is 19.4. The number of alkyl halides is 2. The smallest absolute Gasteiger partial charge is 0.387 e. The Morgan fingerprint density at radius 2 is 1.19 bits per heavy atom. The van der Waals surface area contributed by atoms with Crippen molar-refractivity contribution >= 4 is 11.8 Å². The van der Waals surface area contributed by atoms with E-state index in [4.69, 9.17) is 0 Å². The lowest BCUT2D eigenvalue weighted by atomic mass is 10.1. The Hall–Kier alpha value is -3.03. The summed E-state index contributed by atoms with van der Waals surface area (Å²) < 4.78 is 41.6. The SMILES string of the molecule is O=C(c1ccc(F)cc1)N1CCN(C(=O)c2ccc(OC(F)F)cc2)CC1. The fourth-order valence-corrected chi connectivity index (χ4v) is 2.85. The molecule has 0 unspecified atom stereocenters. The minimum absolute atomic E-state index is 0.0173. The first kappa shape index (κ1) is 18.8. The van der Waals surface area contributed by atoms with Crippen LogP contribution in [0.3, 0.4) is 0 Å². The van der Waals surface area contributed by atoms with E-state index in [1.54, 1.807) is 9.80 Å². The van der Waals surface area contributed by atoms with Crippen LogP contribution in [-0.2, 0) is 0 Å². The fourth-order valence-electron chi connectivity index (χ4n) is 2.85. The van der Waals surface area contributed by atoms with E-state index in [9.17, 15) is 22.8 Å². The Labute approximate surface area is 153 Å². The molecule has 1 aliphatic rings. The maximum atomic E-state index is 13.0. The third kappa shape index (κ3) is 4.58. The second-order valence-electron chi connectivity index (χ2n) is 5.99. The molecule has 2 aromatic carbocycles. The summed E-state index contributed by atoms with van der Waals surface area (Å²) in [6, 6.07) is 10.8. The molecule has 0 spiro atoms. The number of carbonyl (C=O) groups is 2. The molecule has 0 aromatic heterocycles. The van der Waals surface area contributed by atoms with Crippen molar-refractivity contribution in [2.45, 2.75) is 6.61 Å². The van der Waals surface area contributed by atoms with Crippen LogP contribution in [0.15, 0.2) is 48.5 Å². The fraction of sp³-hybridized carbons (Fsp3) is 0.263. The summed E-state index contributed by atoms with van der Waals surface area (Å²) in [6.45, 7) is -1.51. The Kier molecular flexibility index (Phi) is 5.63. The van der Waals surface area contributed by atoms with Gasteiger partial charge in [-0.3, -0.25) is 9.59 Å². The number of hydrogen-bond donors (Lipinski definition) is 0. The lowest BCUT2D eigenvalue weighted by Crippen LogP contribution is -2.50. The summed E-state index contributed by atoms with van der Waals surface area (Å²) in [4.78, 5) is 28.1. The molecule has 8 heteroatoms. The largest absolute Gasteiger partial charge is 0.435 e. The Bertz CT molecular complexity index is 802. The summed E-state index contributed by atoms with van der Waals surface area (Å²) in [5, 5.41) is 0. The van der Waals surface area contributed by atoms with Gasteiger partial charge in [0.1, 0.15) is 11.6 Å². The van der Waals surface area contributed by atoms with Gasteiger partial charge in [-0.25, -0.2) is 4.39 Å². The molecule has 0 bridgehead atoms. The third-order valence-electron chi connectivity index (χ3n) is 4.27. The first-order valence-electron chi connectivity index (χ1n) is 8.33. The van der Waals surface area contributed by atoms with E-state index in [1.165, 1.54) is 48.5 Å². The highest BCUT2D eigenvalue weighted by molar-refractivity contribution is 5.96. The van der Waals surface area contributed by atoms with E-state index in [0.717, 1.165) is 0 Å². The highest BCUT2D eigenvalue weighted by Gasteiger charge is 2.25. The van der Waals surface area contributed by atoms with Crippen molar-refractivity contribution in [3.8, 4) is 5.75 Å². The van der Waals surface area contributed by atoms with Crippen molar-refractivity contribution in [1.82, 2.24) is 9.80 Å². The molecule has 2 aromatic rings. The van der Waals surface area contributed by atoms with Gasteiger partial charge in [-0.15, -0.1) is 0 Å². The van der Waals surface area contributed by atoms with Crippen molar-refractivity contribution in [1.29, 1.82) is 0 Å². The second-order valence-corrected chi connectivity index (χ2v) is 5.99. The van der Waals surface area contributed by atoms with Gasteiger partial charge in [0.25, 0.3) is 11.8 Å². The van der Waals surface area contributed by atoms with Gasteiger partial charge in [-0.05, 0) is 48.5 Å². The third-order valence-corrected chi connectivity index (χ3v) is 4.27. The molecule has 27 heavy (non-hydrogen) atoms. The van der Waals surface area contributed by atoms with Crippen molar-refractivity contribution in [2.24, 2.45) is 0 Å². The Balaban J connectivity index is 1.57. The van der Waals surface area contributed by atoms with Crippen molar-refractivity contribution in [2.75, 3.05) is 26.2 Å². The summed E-state index contributed by atoms with van der Waals surface area (Å²) in [6.07, 6.45) is 0. The summed E-state index contributed by atoms with van der Waals surface area (Å²) in [5.41, 5.74) is 0.751.